The van der Waals surface area contributed by atoms with Crippen LogP contribution in [-0.4, -0.2) is 10.9 Å². The molecule has 3 nitrogen and oxygen atoms in total. The number of aromatic nitrogens is 1. The second kappa shape index (κ2) is 5.06. The van der Waals surface area contributed by atoms with Crippen molar-refractivity contribution in [2.24, 2.45) is 0 Å². The highest BCUT2D eigenvalue weighted by atomic mass is 79.9. The number of H-pyrrole nitrogens is 1. The van der Waals surface area contributed by atoms with Gasteiger partial charge in [0.05, 0.1) is 0 Å². The van der Waals surface area contributed by atoms with Gasteiger partial charge in [-0.1, -0.05) is 22.0 Å². The fraction of sp³-hybridized carbons (Fsp3) is 0.0833. The summed E-state index contributed by atoms with van der Waals surface area (Å²) in [5.41, 5.74) is 2.41. The van der Waals surface area contributed by atoms with Gasteiger partial charge in [0.25, 0.3) is 5.91 Å². The summed E-state index contributed by atoms with van der Waals surface area (Å²) in [7, 11) is 0. The highest BCUT2D eigenvalue weighted by molar-refractivity contribution is 9.10. The maximum absolute atomic E-state index is 11.8. The Hall–Kier alpha value is -1.07. The molecule has 0 aliphatic carbocycles. The van der Waals surface area contributed by atoms with Crippen molar-refractivity contribution in [2.75, 3.05) is 5.32 Å². The van der Waals surface area contributed by atoms with Crippen LogP contribution < -0.4 is 5.32 Å². The van der Waals surface area contributed by atoms with Gasteiger partial charge in [-0.25, -0.2) is 0 Å². The topological polar surface area (TPSA) is 44.9 Å². The molecule has 0 saturated heterocycles. The van der Waals surface area contributed by atoms with Crippen LogP contribution in [0.1, 0.15) is 16.1 Å². The molecule has 0 unspecified atom stereocenters. The van der Waals surface area contributed by atoms with Gasteiger partial charge in [-0.2, -0.15) is 0 Å². The van der Waals surface area contributed by atoms with Crippen LogP contribution in [0.25, 0.3) is 0 Å². The quantitative estimate of drug-likeness (QED) is 0.834. The van der Waals surface area contributed by atoms with E-state index in [-0.39, 0.29) is 5.91 Å². The number of amides is 1. The van der Waals surface area contributed by atoms with Crippen LogP contribution in [0.3, 0.4) is 0 Å². The van der Waals surface area contributed by atoms with E-state index in [1.165, 1.54) is 0 Å². The number of carbonyl (C=O) groups excluding carboxylic acids is 1. The standard InChI is InChI=1S/C12H10Br2N2O/c1-7-2-3-9(5-10(7)14)16-12(17)11-4-8(13)6-15-11/h2-6,15H,1H3,(H,16,17). The Balaban J connectivity index is 2.15. The zero-order valence-corrected chi connectivity index (χ0v) is 12.2. The van der Waals surface area contributed by atoms with Crippen molar-refractivity contribution >= 4 is 43.5 Å². The van der Waals surface area contributed by atoms with Crippen LogP contribution in [-0.2, 0) is 0 Å². The van der Waals surface area contributed by atoms with Gasteiger partial charge in [0.15, 0.2) is 0 Å². The molecule has 1 aromatic carbocycles. The van der Waals surface area contributed by atoms with Crippen molar-refractivity contribution in [1.29, 1.82) is 0 Å². The lowest BCUT2D eigenvalue weighted by Crippen LogP contribution is -2.12. The molecule has 2 aromatic rings. The Morgan fingerprint density at radius 3 is 2.65 bits per heavy atom. The van der Waals surface area contributed by atoms with Crippen molar-refractivity contribution in [2.45, 2.75) is 6.92 Å². The maximum atomic E-state index is 11.8. The van der Waals surface area contributed by atoms with E-state index in [2.05, 4.69) is 42.2 Å². The fourth-order valence-electron chi connectivity index (χ4n) is 1.37. The average Bonchev–Trinajstić information content (AvgIpc) is 2.70. The summed E-state index contributed by atoms with van der Waals surface area (Å²) < 4.78 is 1.83. The highest BCUT2D eigenvalue weighted by Crippen LogP contribution is 2.21. The van der Waals surface area contributed by atoms with Gasteiger partial charge in [0.1, 0.15) is 5.69 Å². The third-order valence-electron chi connectivity index (χ3n) is 2.32. The molecule has 1 amide bonds. The number of hydrogen-bond acceptors (Lipinski definition) is 1. The number of carbonyl (C=O) groups is 1. The summed E-state index contributed by atoms with van der Waals surface area (Å²) >= 11 is 6.72. The summed E-state index contributed by atoms with van der Waals surface area (Å²) in [4.78, 5) is 14.7. The number of hydrogen-bond donors (Lipinski definition) is 2. The lowest BCUT2D eigenvalue weighted by atomic mass is 10.2. The number of anilines is 1. The Morgan fingerprint density at radius 1 is 1.29 bits per heavy atom. The molecule has 0 spiro atoms. The molecular formula is C12H10Br2N2O. The SMILES string of the molecule is Cc1ccc(NC(=O)c2cc(Br)c[nH]2)cc1Br. The van der Waals surface area contributed by atoms with Gasteiger partial charge in [0, 0.05) is 20.8 Å². The summed E-state index contributed by atoms with van der Waals surface area (Å²) in [6.07, 6.45) is 1.72. The molecule has 0 aliphatic heterocycles. The predicted octanol–water partition coefficient (Wildman–Crippen LogP) is 4.10. The molecule has 0 saturated carbocycles. The zero-order valence-electron chi connectivity index (χ0n) is 9.05. The summed E-state index contributed by atoms with van der Waals surface area (Å²) in [6.45, 7) is 2.00. The first-order valence-electron chi connectivity index (χ1n) is 4.97. The lowest BCUT2D eigenvalue weighted by molar-refractivity contribution is 0.102. The molecule has 0 atom stereocenters. The second-order valence-electron chi connectivity index (χ2n) is 3.65. The molecular weight excluding hydrogens is 348 g/mol. The van der Waals surface area contributed by atoms with Crippen LogP contribution in [0.15, 0.2) is 39.4 Å². The van der Waals surface area contributed by atoms with Crippen molar-refractivity contribution in [3.05, 3.63) is 50.7 Å². The average molecular weight is 358 g/mol. The van der Waals surface area contributed by atoms with Crippen LogP contribution in [0.5, 0.6) is 0 Å². The van der Waals surface area contributed by atoms with Gasteiger partial charge in [-0.15, -0.1) is 0 Å². The third-order valence-corrected chi connectivity index (χ3v) is 3.63. The smallest absolute Gasteiger partial charge is 0.272 e. The monoisotopic (exact) mass is 356 g/mol. The molecule has 2 N–H and O–H groups in total. The molecule has 2 rings (SSSR count). The molecule has 1 heterocycles. The molecule has 0 radical (unpaired) electrons. The van der Waals surface area contributed by atoms with Gasteiger partial charge in [-0.05, 0) is 46.6 Å². The van der Waals surface area contributed by atoms with Crippen LogP contribution in [0.4, 0.5) is 5.69 Å². The van der Waals surface area contributed by atoms with E-state index in [1.807, 2.05) is 25.1 Å². The van der Waals surface area contributed by atoms with E-state index in [9.17, 15) is 4.79 Å². The second-order valence-corrected chi connectivity index (χ2v) is 5.42. The van der Waals surface area contributed by atoms with E-state index in [0.717, 1.165) is 20.2 Å². The molecule has 0 bridgehead atoms. The van der Waals surface area contributed by atoms with E-state index in [1.54, 1.807) is 12.3 Å². The minimum Gasteiger partial charge on any atom is -0.356 e. The van der Waals surface area contributed by atoms with Gasteiger partial charge >= 0.3 is 0 Å². The van der Waals surface area contributed by atoms with E-state index in [4.69, 9.17) is 0 Å². The first kappa shape index (κ1) is 12.4. The van der Waals surface area contributed by atoms with Gasteiger partial charge in [0.2, 0.25) is 0 Å². The minimum atomic E-state index is -0.161. The Morgan fingerprint density at radius 2 is 2.06 bits per heavy atom. The fourth-order valence-corrected chi connectivity index (χ4v) is 2.09. The predicted molar refractivity (Wildman–Crippen MR) is 75.3 cm³/mol. The number of aromatic amines is 1. The number of halogens is 2. The Labute approximate surface area is 116 Å². The highest BCUT2D eigenvalue weighted by Gasteiger charge is 2.08. The van der Waals surface area contributed by atoms with Gasteiger partial charge in [-0.3, -0.25) is 4.79 Å². The molecule has 1 aromatic heterocycles. The van der Waals surface area contributed by atoms with Crippen molar-refractivity contribution in [3.8, 4) is 0 Å². The Kier molecular flexibility index (Phi) is 3.69. The first-order chi connectivity index (χ1) is 8.06. The first-order valence-corrected chi connectivity index (χ1v) is 6.56. The number of nitrogens with one attached hydrogen (secondary N) is 2. The number of aryl methyl sites for hydroxylation is 1. The number of rotatable bonds is 2. The van der Waals surface area contributed by atoms with Crippen LogP contribution in [0, 0.1) is 6.92 Å². The largest absolute Gasteiger partial charge is 0.356 e. The lowest BCUT2D eigenvalue weighted by Gasteiger charge is -2.05. The minimum absolute atomic E-state index is 0.161. The summed E-state index contributed by atoms with van der Waals surface area (Å²) in [5, 5.41) is 2.82. The third kappa shape index (κ3) is 2.98. The molecule has 0 aliphatic rings. The maximum Gasteiger partial charge on any atom is 0.272 e. The normalized spacial score (nSPS) is 10.3. The number of benzene rings is 1. The van der Waals surface area contributed by atoms with Gasteiger partial charge < -0.3 is 10.3 Å². The van der Waals surface area contributed by atoms with Crippen molar-refractivity contribution in [3.63, 3.8) is 0 Å². The van der Waals surface area contributed by atoms with E-state index in [0.29, 0.717) is 5.69 Å². The van der Waals surface area contributed by atoms with Crippen molar-refractivity contribution in [1.82, 2.24) is 4.98 Å². The zero-order chi connectivity index (χ0) is 12.4. The van der Waals surface area contributed by atoms with Crippen LogP contribution >= 0.6 is 31.9 Å². The van der Waals surface area contributed by atoms with E-state index < -0.39 is 0 Å². The molecule has 17 heavy (non-hydrogen) atoms. The summed E-state index contributed by atoms with van der Waals surface area (Å²) in [5.74, 6) is -0.161. The summed E-state index contributed by atoms with van der Waals surface area (Å²) in [6, 6.07) is 7.43. The molecule has 0 fully saturated rings. The molecule has 5 heteroatoms. The Bertz CT molecular complexity index is 563. The van der Waals surface area contributed by atoms with Crippen LogP contribution in [0.2, 0.25) is 0 Å². The van der Waals surface area contributed by atoms with Crippen molar-refractivity contribution < 1.29 is 4.79 Å². The molecule has 88 valence electrons. The van der Waals surface area contributed by atoms with E-state index >= 15 is 0 Å².